The second kappa shape index (κ2) is 15.4. The second-order valence-corrected chi connectivity index (χ2v) is 9.42. The number of halogens is 2. The number of rotatable bonds is 13. The number of carboxylic acids is 1. The van der Waals surface area contributed by atoms with Gasteiger partial charge in [-0.1, -0.05) is 88.1 Å². The number of aliphatic carboxylic acids is 1. The maximum atomic E-state index is 10.1. The third-order valence-electron chi connectivity index (χ3n) is 5.64. The summed E-state index contributed by atoms with van der Waals surface area (Å²) in [6.07, 6.45) is 13.8. The Hall–Kier alpha value is -1.67. The van der Waals surface area contributed by atoms with Crippen LogP contribution in [0.3, 0.4) is 0 Å². The van der Waals surface area contributed by atoms with Gasteiger partial charge in [-0.25, -0.2) is 9.67 Å². The van der Waals surface area contributed by atoms with E-state index in [1.807, 2.05) is 6.07 Å². The number of carboxylic acid groups (broad SMARTS) is 1. The summed E-state index contributed by atoms with van der Waals surface area (Å²) in [5, 5.41) is 13.6. The number of ether oxygens (including phenoxy) is 2. The highest BCUT2D eigenvalue weighted by molar-refractivity contribution is 6.35. The van der Waals surface area contributed by atoms with Gasteiger partial charge < -0.3 is 14.6 Å². The Morgan fingerprint density at radius 2 is 1.88 bits per heavy atom. The zero-order chi connectivity index (χ0) is 24.8. The minimum atomic E-state index is -0.963. The number of benzene rings is 1. The number of aromatic nitrogens is 3. The lowest BCUT2D eigenvalue weighted by Crippen LogP contribution is -2.34. The molecule has 0 saturated carbocycles. The van der Waals surface area contributed by atoms with Gasteiger partial charge in [0.2, 0.25) is 5.79 Å². The molecule has 190 valence electrons. The summed E-state index contributed by atoms with van der Waals surface area (Å²) in [6, 6.07) is 5.32. The molecule has 34 heavy (non-hydrogen) atoms. The number of unbranched alkanes of at least 4 members (excludes halogenated alkanes) is 6. The molecule has 1 fully saturated rings. The van der Waals surface area contributed by atoms with Gasteiger partial charge in [-0.2, -0.15) is 5.10 Å². The molecule has 0 radical (unpaired) electrons. The quantitative estimate of drug-likeness (QED) is 0.294. The normalized spacial score (nSPS) is 19.6. The molecule has 7 nitrogen and oxygen atoms in total. The van der Waals surface area contributed by atoms with Crippen LogP contribution >= 0.6 is 23.2 Å². The van der Waals surface area contributed by atoms with Crippen LogP contribution in [0, 0.1) is 0 Å². The summed E-state index contributed by atoms with van der Waals surface area (Å²) in [7, 11) is 0. The van der Waals surface area contributed by atoms with E-state index in [4.69, 9.17) is 37.8 Å². The Morgan fingerprint density at radius 1 is 1.15 bits per heavy atom. The third kappa shape index (κ3) is 9.53. The highest BCUT2D eigenvalue weighted by atomic mass is 35.5. The monoisotopic (exact) mass is 513 g/mol. The molecular formula is C25H37Cl2N3O4. The first-order valence-electron chi connectivity index (χ1n) is 12.2. The van der Waals surface area contributed by atoms with Gasteiger partial charge in [0.1, 0.15) is 19.2 Å². The van der Waals surface area contributed by atoms with Crippen molar-refractivity contribution in [1.29, 1.82) is 0 Å². The fraction of sp³-hybridized carbons (Fsp3) is 0.640. The second-order valence-electron chi connectivity index (χ2n) is 8.57. The van der Waals surface area contributed by atoms with Crippen LogP contribution in [-0.4, -0.2) is 38.6 Å². The topological polar surface area (TPSA) is 86.5 Å². The zero-order valence-electron chi connectivity index (χ0n) is 20.2. The zero-order valence-corrected chi connectivity index (χ0v) is 21.7. The van der Waals surface area contributed by atoms with Crippen molar-refractivity contribution in [3.05, 3.63) is 46.5 Å². The van der Waals surface area contributed by atoms with E-state index in [1.165, 1.54) is 38.4 Å². The van der Waals surface area contributed by atoms with Gasteiger partial charge in [0.05, 0.1) is 17.7 Å². The van der Waals surface area contributed by atoms with E-state index in [0.717, 1.165) is 31.2 Å². The molecule has 2 unspecified atom stereocenters. The van der Waals surface area contributed by atoms with Gasteiger partial charge in [0.25, 0.3) is 0 Å². The van der Waals surface area contributed by atoms with E-state index in [-0.39, 0.29) is 6.10 Å². The van der Waals surface area contributed by atoms with Crippen molar-refractivity contribution in [2.75, 3.05) is 6.61 Å². The van der Waals surface area contributed by atoms with Crippen molar-refractivity contribution in [2.45, 2.75) is 96.5 Å². The average Bonchev–Trinajstić information content (AvgIpc) is 3.44. The van der Waals surface area contributed by atoms with E-state index in [9.17, 15) is 4.79 Å². The highest BCUT2D eigenvalue weighted by Gasteiger charge is 2.45. The van der Waals surface area contributed by atoms with E-state index >= 15 is 0 Å². The molecule has 1 aliphatic heterocycles. The molecule has 2 aromatic rings. The lowest BCUT2D eigenvalue weighted by Gasteiger charge is -2.29. The minimum absolute atomic E-state index is 0.0419. The first-order valence-corrected chi connectivity index (χ1v) is 13.0. The van der Waals surface area contributed by atoms with Gasteiger partial charge in [-0.05, 0) is 25.0 Å². The predicted molar refractivity (Wildman–Crippen MR) is 134 cm³/mol. The van der Waals surface area contributed by atoms with Gasteiger partial charge in [-0.3, -0.25) is 4.79 Å². The van der Waals surface area contributed by atoms with Gasteiger partial charge in [0.15, 0.2) is 0 Å². The van der Waals surface area contributed by atoms with Crippen LogP contribution in [0.25, 0.3) is 0 Å². The Bertz CT molecular complexity index is 851. The van der Waals surface area contributed by atoms with E-state index in [1.54, 1.807) is 23.1 Å². The average molecular weight is 514 g/mol. The summed E-state index contributed by atoms with van der Waals surface area (Å²) in [4.78, 5) is 14.1. The minimum Gasteiger partial charge on any atom is -0.481 e. The first-order chi connectivity index (χ1) is 16.4. The third-order valence-corrected chi connectivity index (χ3v) is 6.19. The SMILES string of the molecule is CCCC1COC(Cn2cncn2)(c2ccc(Cl)cc2Cl)O1.CCCCCCCCCC(=O)O. The fourth-order valence-electron chi connectivity index (χ4n) is 3.90. The molecule has 9 heteroatoms. The maximum Gasteiger partial charge on any atom is 0.303 e. The molecule has 1 aromatic heterocycles. The van der Waals surface area contributed by atoms with Crippen molar-refractivity contribution in [2.24, 2.45) is 0 Å². The molecule has 2 atom stereocenters. The molecule has 0 amide bonds. The van der Waals surface area contributed by atoms with Crippen LogP contribution in [0.2, 0.25) is 10.0 Å². The largest absolute Gasteiger partial charge is 0.481 e. The Morgan fingerprint density at radius 3 is 2.50 bits per heavy atom. The van der Waals surface area contributed by atoms with Crippen LogP contribution in [0.4, 0.5) is 0 Å². The standard InChI is InChI=1S/C15H17Cl2N3O2.C10H20O2/c1-2-3-12-7-21-15(22-12,8-20-10-18-9-19-20)13-5-4-11(16)6-14(13)17;1-2-3-4-5-6-7-8-9-10(11)12/h4-6,9-10,12H,2-3,7-8H2,1H3;2-9H2,1H3,(H,11,12). The number of hydrogen-bond acceptors (Lipinski definition) is 5. The number of nitrogens with zero attached hydrogens (tertiary/aromatic N) is 3. The molecule has 0 spiro atoms. The summed E-state index contributed by atoms with van der Waals surface area (Å²) >= 11 is 12.4. The maximum absolute atomic E-state index is 10.1. The summed E-state index contributed by atoms with van der Waals surface area (Å²) in [5.41, 5.74) is 0.757. The van der Waals surface area contributed by atoms with Crippen LogP contribution in [0.5, 0.6) is 0 Å². The molecule has 0 aliphatic carbocycles. The summed E-state index contributed by atoms with van der Waals surface area (Å²) < 4.78 is 14.0. The highest BCUT2D eigenvalue weighted by Crippen LogP contribution is 2.41. The van der Waals surface area contributed by atoms with Gasteiger partial charge in [-0.15, -0.1) is 0 Å². The summed E-state index contributed by atoms with van der Waals surface area (Å²) in [5.74, 6) is -1.63. The summed E-state index contributed by atoms with van der Waals surface area (Å²) in [6.45, 7) is 5.23. The van der Waals surface area contributed by atoms with Crippen molar-refractivity contribution in [3.8, 4) is 0 Å². The molecule has 3 rings (SSSR count). The van der Waals surface area contributed by atoms with Gasteiger partial charge in [0, 0.05) is 17.0 Å². The lowest BCUT2D eigenvalue weighted by molar-refractivity contribution is -0.189. The van der Waals surface area contributed by atoms with Crippen molar-refractivity contribution < 1.29 is 19.4 Å². The smallest absolute Gasteiger partial charge is 0.303 e. The van der Waals surface area contributed by atoms with Crippen LogP contribution in [-0.2, 0) is 26.6 Å². The van der Waals surface area contributed by atoms with Crippen molar-refractivity contribution in [1.82, 2.24) is 14.8 Å². The van der Waals surface area contributed by atoms with Gasteiger partial charge >= 0.3 is 5.97 Å². The molecule has 0 bridgehead atoms. The Labute approximate surface area is 212 Å². The molecule has 2 heterocycles. The fourth-order valence-corrected chi connectivity index (χ4v) is 4.45. The molecule has 1 saturated heterocycles. The predicted octanol–water partition coefficient (Wildman–Crippen LogP) is 6.87. The van der Waals surface area contributed by atoms with Crippen molar-refractivity contribution in [3.63, 3.8) is 0 Å². The van der Waals surface area contributed by atoms with E-state index in [2.05, 4.69) is 23.9 Å². The molecule has 1 aromatic carbocycles. The van der Waals surface area contributed by atoms with Crippen LogP contribution in [0.15, 0.2) is 30.9 Å². The lowest BCUT2D eigenvalue weighted by atomic mass is 10.1. The molecular weight excluding hydrogens is 477 g/mol. The number of carbonyl (C=O) groups is 1. The molecule has 1 aliphatic rings. The first kappa shape index (κ1) is 28.6. The number of hydrogen-bond donors (Lipinski definition) is 1. The van der Waals surface area contributed by atoms with E-state index in [0.29, 0.717) is 29.6 Å². The Kier molecular flexibility index (Phi) is 12.9. The Balaban J connectivity index is 0.000000292. The van der Waals surface area contributed by atoms with Crippen LogP contribution < -0.4 is 0 Å². The van der Waals surface area contributed by atoms with Crippen molar-refractivity contribution >= 4 is 29.2 Å². The van der Waals surface area contributed by atoms with E-state index < -0.39 is 11.8 Å². The van der Waals surface area contributed by atoms with Crippen LogP contribution in [0.1, 0.15) is 83.6 Å². The molecule has 1 N–H and O–H groups in total.